The number of anilines is 1. The average molecular weight is 369 g/mol. The Hall–Kier alpha value is -2.05. The van der Waals surface area contributed by atoms with E-state index in [4.69, 9.17) is 23.2 Å². The first kappa shape index (κ1) is 18.3. The first-order valence-electron chi connectivity index (χ1n) is 7.43. The van der Waals surface area contributed by atoms with Crippen molar-refractivity contribution >= 4 is 40.7 Å². The van der Waals surface area contributed by atoms with Crippen LogP contribution in [-0.2, 0) is 7.05 Å². The number of carbonyl (C=O) groups excluding carboxylic acids is 2. The molecule has 0 spiro atoms. The molecule has 1 aromatic heterocycles. The van der Waals surface area contributed by atoms with Crippen molar-refractivity contribution in [2.24, 2.45) is 7.05 Å². The lowest BCUT2D eigenvalue weighted by molar-refractivity contribution is 0.0953. The fourth-order valence-corrected chi connectivity index (χ4v) is 2.72. The summed E-state index contributed by atoms with van der Waals surface area (Å²) in [6, 6.07) is 4.71. The van der Waals surface area contributed by atoms with Crippen LogP contribution in [0.5, 0.6) is 0 Å². The highest BCUT2D eigenvalue weighted by molar-refractivity contribution is 6.35. The minimum Gasteiger partial charge on any atom is -0.352 e. The number of aryl methyl sites for hydroxylation is 2. The standard InChI is InChI=1S/C16H18Cl2N4O2/c1-4-7-19-15(23)11-6-5-10(8-12(11)17)20-16(24)13-9(2)21-22(3)14(13)18/h5-6,8H,4,7H2,1-3H3,(H,19,23)(H,20,24). The van der Waals surface area contributed by atoms with Gasteiger partial charge in [-0.25, -0.2) is 0 Å². The first-order valence-corrected chi connectivity index (χ1v) is 8.19. The minimum absolute atomic E-state index is 0.245. The predicted molar refractivity (Wildman–Crippen MR) is 95.0 cm³/mol. The summed E-state index contributed by atoms with van der Waals surface area (Å²) in [4.78, 5) is 24.3. The highest BCUT2D eigenvalue weighted by Crippen LogP contribution is 2.24. The zero-order valence-corrected chi connectivity index (χ0v) is 15.1. The van der Waals surface area contributed by atoms with Crippen LogP contribution in [0, 0.1) is 6.92 Å². The van der Waals surface area contributed by atoms with Crippen molar-refractivity contribution in [2.75, 3.05) is 11.9 Å². The van der Waals surface area contributed by atoms with Crippen LogP contribution in [0.25, 0.3) is 0 Å². The van der Waals surface area contributed by atoms with Gasteiger partial charge in [-0.05, 0) is 31.5 Å². The molecule has 2 aromatic rings. The summed E-state index contributed by atoms with van der Waals surface area (Å²) in [6.45, 7) is 4.24. The molecule has 1 heterocycles. The number of nitrogens with zero attached hydrogens (tertiary/aromatic N) is 2. The molecular formula is C16H18Cl2N4O2. The Morgan fingerprint density at radius 3 is 2.50 bits per heavy atom. The topological polar surface area (TPSA) is 76.0 Å². The van der Waals surface area contributed by atoms with E-state index < -0.39 is 0 Å². The van der Waals surface area contributed by atoms with Gasteiger partial charge in [0.25, 0.3) is 11.8 Å². The van der Waals surface area contributed by atoms with E-state index in [0.717, 1.165) is 6.42 Å². The third-order valence-corrected chi connectivity index (χ3v) is 4.13. The van der Waals surface area contributed by atoms with Crippen molar-refractivity contribution in [3.05, 3.63) is 45.2 Å². The summed E-state index contributed by atoms with van der Waals surface area (Å²) in [5.41, 5.74) is 1.66. The van der Waals surface area contributed by atoms with E-state index in [1.165, 1.54) is 10.7 Å². The lowest BCUT2D eigenvalue weighted by Crippen LogP contribution is -2.24. The van der Waals surface area contributed by atoms with Crippen molar-refractivity contribution in [3.63, 3.8) is 0 Å². The summed E-state index contributed by atoms with van der Waals surface area (Å²) in [5.74, 6) is -0.629. The number of aromatic nitrogens is 2. The molecule has 128 valence electrons. The second kappa shape index (κ2) is 7.68. The van der Waals surface area contributed by atoms with Crippen LogP contribution in [-0.4, -0.2) is 28.1 Å². The zero-order valence-electron chi connectivity index (χ0n) is 13.6. The van der Waals surface area contributed by atoms with Gasteiger partial charge in [-0.2, -0.15) is 5.10 Å². The number of amides is 2. The van der Waals surface area contributed by atoms with Gasteiger partial charge in [0.2, 0.25) is 0 Å². The lowest BCUT2D eigenvalue weighted by Gasteiger charge is -2.09. The van der Waals surface area contributed by atoms with Crippen LogP contribution in [0.4, 0.5) is 5.69 Å². The van der Waals surface area contributed by atoms with Crippen molar-refractivity contribution < 1.29 is 9.59 Å². The van der Waals surface area contributed by atoms with Gasteiger partial charge in [0.1, 0.15) is 5.15 Å². The first-order chi connectivity index (χ1) is 11.3. The third kappa shape index (κ3) is 3.88. The SMILES string of the molecule is CCCNC(=O)c1ccc(NC(=O)c2c(C)nn(C)c2Cl)cc1Cl. The number of benzene rings is 1. The normalized spacial score (nSPS) is 10.5. The number of carbonyl (C=O) groups is 2. The van der Waals surface area contributed by atoms with Gasteiger partial charge in [0, 0.05) is 19.3 Å². The number of halogens is 2. The quantitative estimate of drug-likeness (QED) is 0.848. The third-order valence-electron chi connectivity index (χ3n) is 3.39. The summed E-state index contributed by atoms with van der Waals surface area (Å²) in [6.07, 6.45) is 0.836. The van der Waals surface area contributed by atoms with Crippen LogP contribution in [0.15, 0.2) is 18.2 Å². The van der Waals surface area contributed by atoms with E-state index in [-0.39, 0.29) is 22.0 Å². The zero-order chi connectivity index (χ0) is 17.9. The second-order valence-electron chi connectivity index (χ2n) is 5.28. The summed E-state index contributed by atoms with van der Waals surface area (Å²) in [5, 5.41) is 10.1. The molecule has 2 rings (SSSR count). The minimum atomic E-state index is -0.384. The molecule has 0 aliphatic rings. The van der Waals surface area contributed by atoms with Crippen molar-refractivity contribution in [1.82, 2.24) is 15.1 Å². The molecule has 24 heavy (non-hydrogen) atoms. The monoisotopic (exact) mass is 368 g/mol. The summed E-state index contributed by atoms with van der Waals surface area (Å²) in [7, 11) is 1.66. The summed E-state index contributed by atoms with van der Waals surface area (Å²) >= 11 is 12.2. The molecule has 0 aliphatic heterocycles. The molecular weight excluding hydrogens is 351 g/mol. The van der Waals surface area contributed by atoms with E-state index in [1.54, 1.807) is 26.1 Å². The van der Waals surface area contributed by atoms with Crippen molar-refractivity contribution in [1.29, 1.82) is 0 Å². The second-order valence-corrected chi connectivity index (χ2v) is 6.04. The molecule has 0 bridgehead atoms. The van der Waals surface area contributed by atoms with Gasteiger partial charge in [-0.3, -0.25) is 14.3 Å². The highest BCUT2D eigenvalue weighted by atomic mass is 35.5. The lowest BCUT2D eigenvalue weighted by atomic mass is 10.1. The Morgan fingerprint density at radius 1 is 1.25 bits per heavy atom. The Morgan fingerprint density at radius 2 is 1.96 bits per heavy atom. The van der Waals surface area contributed by atoms with Gasteiger partial charge in [-0.15, -0.1) is 0 Å². The van der Waals surface area contributed by atoms with Gasteiger partial charge < -0.3 is 10.6 Å². The largest absolute Gasteiger partial charge is 0.352 e. The summed E-state index contributed by atoms with van der Waals surface area (Å²) < 4.78 is 1.43. The number of hydrogen-bond acceptors (Lipinski definition) is 3. The molecule has 0 saturated heterocycles. The van der Waals surface area contributed by atoms with Gasteiger partial charge >= 0.3 is 0 Å². The number of rotatable bonds is 5. The smallest absolute Gasteiger partial charge is 0.260 e. The molecule has 0 unspecified atom stereocenters. The molecule has 1 aromatic carbocycles. The van der Waals surface area contributed by atoms with Crippen molar-refractivity contribution in [3.8, 4) is 0 Å². The number of nitrogens with one attached hydrogen (secondary N) is 2. The molecule has 6 nitrogen and oxygen atoms in total. The maximum atomic E-state index is 12.4. The molecule has 2 N–H and O–H groups in total. The maximum absolute atomic E-state index is 12.4. The molecule has 0 radical (unpaired) electrons. The maximum Gasteiger partial charge on any atom is 0.260 e. The molecule has 0 atom stereocenters. The fourth-order valence-electron chi connectivity index (χ4n) is 2.19. The van der Waals surface area contributed by atoms with Crippen LogP contribution >= 0.6 is 23.2 Å². The highest BCUT2D eigenvalue weighted by Gasteiger charge is 2.19. The van der Waals surface area contributed by atoms with E-state index in [0.29, 0.717) is 29.1 Å². The molecule has 8 heteroatoms. The van der Waals surface area contributed by atoms with E-state index >= 15 is 0 Å². The van der Waals surface area contributed by atoms with Gasteiger partial charge in [0.05, 0.1) is 21.8 Å². The van der Waals surface area contributed by atoms with Gasteiger partial charge in [0.15, 0.2) is 0 Å². The van der Waals surface area contributed by atoms with Crippen LogP contribution < -0.4 is 10.6 Å². The Kier molecular flexibility index (Phi) is 5.85. The number of hydrogen-bond donors (Lipinski definition) is 2. The van der Waals surface area contributed by atoms with Crippen molar-refractivity contribution in [2.45, 2.75) is 20.3 Å². The fraction of sp³-hybridized carbons (Fsp3) is 0.312. The van der Waals surface area contributed by atoms with E-state index in [2.05, 4.69) is 15.7 Å². The van der Waals surface area contributed by atoms with Crippen LogP contribution in [0.2, 0.25) is 10.2 Å². The van der Waals surface area contributed by atoms with Crippen LogP contribution in [0.1, 0.15) is 39.8 Å². The van der Waals surface area contributed by atoms with Crippen LogP contribution in [0.3, 0.4) is 0 Å². The van der Waals surface area contributed by atoms with E-state index in [1.807, 2.05) is 6.92 Å². The molecule has 0 aliphatic carbocycles. The average Bonchev–Trinajstić information content (AvgIpc) is 2.77. The Balaban J connectivity index is 2.17. The Labute approximate surface area is 150 Å². The Bertz CT molecular complexity index is 787. The molecule has 0 fully saturated rings. The van der Waals surface area contributed by atoms with Gasteiger partial charge in [-0.1, -0.05) is 30.1 Å². The van der Waals surface area contributed by atoms with E-state index in [9.17, 15) is 9.59 Å². The predicted octanol–water partition coefficient (Wildman–Crippen LogP) is 3.43. The molecule has 0 saturated carbocycles. The molecule has 2 amide bonds.